The number of rotatable bonds is 3. The number of sulfone groups is 1. The van der Waals surface area contributed by atoms with E-state index in [0.29, 0.717) is 15.4 Å². The average Bonchev–Trinajstić information content (AvgIpc) is 3.26. The summed E-state index contributed by atoms with van der Waals surface area (Å²) >= 11 is 3.29. The Bertz CT molecular complexity index is 1450. The van der Waals surface area contributed by atoms with Gasteiger partial charge in [0.2, 0.25) is 5.76 Å². The quantitative estimate of drug-likeness (QED) is 0.565. The largest absolute Gasteiger partial charge is 0.503 e. The molecule has 5 rings (SSSR count). The molecule has 1 fully saturated rings. The number of phenolic OH excluding ortho intramolecular Hbond substituents is 1. The highest BCUT2D eigenvalue weighted by Crippen LogP contribution is 2.45. The number of hydrogen-bond acceptors (Lipinski definition) is 7. The Morgan fingerprint density at radius 3 is 2.66 bits per heavy atom. The van der Waals surface area contributed by atoms with Crippen molar-refractivity contribution in [1.82, 2.24) is 4.90 Å². The lowest BCUT2D eigenvalue weighted by molar-refractivity contribution is 0.0662. The molecule has 32 heavy (non-hydrogen) atoms. The number of fused-ring (bicyclic) bond motifs is 2. The highest BCUT2D eigenvalue weighted by atomic mass is 79.9. The van der Waals surface area contributed by atoms with Gasteiger partial charge in [-0.15, -0.1) is 0 Å². The van der Waals surface area contributed by atoms with Crippen molar-refractivity contribution in [3.63, 3.8) is 0 Å². The van der Waals surface area contributed by atoms with Gasteiger partial charge in [0, 0.05) is 6.04 Å². The van der Waals surface area contributed by atoms with E-state index in [9.17, 15) is 23.1 Å². The molecule has 0 spiro atoms. The van der Waals surface area contributed by atoms with E-state index in [1.165, 1.54) is 18.1 Å². The third kappa shape index (κ3) is 3.12. The minimum atomic E-state index is -3.30. The minimum Gasteiger partial charge on any atom is -0.503 e. The topological polar surface area (TPSA) is 114 Å². The Morgan fingerprint density at radius 1 is 1.22 bits per heavy atom. The fraction of sp³-hybridized carbons (Fsp3) is 0.273. The predicted octanol–water partition coefficient (Wildman–Crippen LogP) is 3.00. The first-order chi connectivity index (χ1) is 15.2. The van der Waals surface area contributed by atoms with Crippen molar-refractivity contribution >= 4 is 42.6 Å². The summed E-state index contributed by atoms with van der Waals surface area (Å²) in [5, 5.41) is 10.6. The lowest BCUT2D eigenvalue weighted by Gasteiger charge is -2.30. The summed E-state index contributed by atoms with van der Waals surface area (Å²) < 4.78 is 35.8. The van der Waals surface area contributed by atoms with Crippen LogP contribution in [0.2, 0.25) is 0 Å². The van der Waals surface area contributed by atoms with Crippen LogP contribution in [0.15, 0.2) is 50.1 Å². The van der Waals surface area contributed by atoms with E-state index in [1.807, 2.05) is 0 Å². The number of para-hydroxylation sites is 1. The number of ether oxygens (including phenoxy) is 1. The SMILES string of the molecule is COc1cc([C@@H]2c3c(oc4ccccc4c3=O)C(=O)N2[C@@H]2CCS(=O)(=O)C2)cc(Br)c1O. The van der Waals surface area contributed by atoms with Crippen LogP contribution in [0.3, 0.4) is 0 Å². The Hall–Kier alpha value is -2.85. The van der Waals surface area contributed by atoms with E-state index >= 15 is 0 Å². The highest BCUT2D eigenvalue weighted by molar-refractivity contribution is 9.10. The second kappa shape index (κ2) is 7.35. The number of aromatic hydroxyl groups is 1. The smallest absolute Gasteiger partial charge is 0.291 e. The number of amides is 1. The third-order valence-corrected chi connectivity index (χ3v) is 8.36. The van der Waals surface area contributed by atoms with Crippen LogP contribution in [0.25, 0.3) is 11.0 Å². The van der Waals surface area contributed by atoms with Crippen LogP contribution in [0.4, 0.5) is 0 Å². The molecule has 0 unspecified atom stereocenters. The van der Waals surface area contributed by atoms with Gasteiger partial charge < -0.3 is 19.2 Å². The number of methoxy groups -OCH3 is 1. The second-order valence-corrected chi connectivity index (χ2v) is 11.0. The van der Waals surface area contributed by atoms with E-state index in [1.54, 1.807) is 30.3 Å². The van der Waals surface area contributed by atoms with Gasteiger partial charge in [-0.2, -0.15) is 0 Å². The molecule has 0 aliphatic carbocycles. The van der Waals surface area contributed by atoms with Crippen molar-refractivity contribution in [3.8, 4) is 11.5 Å². The maximum atomic E-state index is 13.5. The fourth-order valence-electron chi connectivity index (χ4n) is 4.54. The van der Waals surface area contributed by atoms with Gasteiger partial charge in [0.15, 0.2) is 26.8 Å². The standard InChI is InChI=1S/C22H18BrNO7S/c1-30-16-9-11(8-14(23)20(16)26)18-17-19(25)13-4-2-3-5-15(13)31-21(17)22(27)24(18)12-6-7-32(28,29)10-12/h2-5,8-9,12,18,26H,6-7,10H2,1H3/t12-,18-/m1/s1. The minimum absolute atomic E-state index is 0.0313. The van der Waals surface area contributed by atoms with Crippen molar-refractivity contribution in [3.05, 3.63) is 68.0 Å². The summed E-state index contributed by atoms with van der Waals surface area (Å²) in [5.74, 6) is -0.811. The Balaban J connectivity index is 1.79. The van der Waals surface area contributed by atoms with Gasteiger partial charge >= 0.3 is 0 Å². The van der Waals surface area contributed by atoms with E-state index in [2.05, 4.69) is 15.9 Å². The zero-order chi connectivity index (χ0) is 22.8. The number of carbonyl (C=O) groups is 1. The summed E-state index contributed by atoms with van der Waals surface area (Å²) in [7, 11) is -1.91. The maximum Gasteiger partial charge on any atom is 0.291 e. The normalized spacial score (nSPS) is 21.8. The molecule has 3 aromatic rings. The molecule has 166 valence electrons. The Kier molecular flexibility index (Phi) is 4.82. The van der Waals surface area contributed by atoms with Crippen LogP contribution >= 0.6 is 15.9 Å². The van der Waals surface area contributed by atoms with Crippen LogP contribution in [0.1, 0.15) is 34.1 Å². The lowest BCUT2D eigenvalue weighted by Crippen LogP contribution is -2.40. The molecule has 1 N–H and O–H groups in total. The molecule has 1 saturated heterocycles. The van der Waals surface area contributed by atoms with Crippen molar-refractivity contribution in [2.45, 2.75) is 18.5 Å². The molecule has 2 aliphatic rings. The van der Waals surface area contributed by atoms with Gasteiger partial charge in [0.25, 0.3) is 5.91 Å². The Morgan fingerprint density at radius 2 is 1.97 bits per heavy atom. The molecule has 0 radical (unpaired) electrons. The number of benzene rings is 2. The molecule has 10 heteroatoms. The van der Waals surface area contributed by atoms with Gasteiger partial charge in [-0.1, -0.05) is 12.1 Å². The second-order valence-electron chi connectivity index (χ2n) is 7.90. The van der Waals surface area contributed by atoms with Gasteiger partial charge in [-0.25, -0.2) is 8.42 Å². The van der Waals surface area contributed by atoms with Crippen molar-refractivity contribution < 1.29 is 27.5 Å². The molecule has 1 amide bonds. The van der Waals surface area contributed by atoms with Gasteiger partial charge in [0.05, 0.1) is 40.1 Å². The van der Waals surface area contributed by atoms with E-state index in [0.717, 1.165) is 0 Å². The van der Waals surface area contributed by atoms with Crippen LogP contribution in [-0.4, -0.2) is 49.0 Å². The Labute approximate surface area is 191 Å². The summed E-state index contributed by atoms with van der Waals surface area (Å²) in [6.45, 7) is 0. The monoisotopic (exact) mass is 519 g/mol. The summed E-state index contributed by atoms with van der Waals surface area (Å²) in [4.78, 5) is 28.4. The van der Waals surface area contributed by atoms with E-state index < -0.39 is 27.8 Å². The molecular weight excluding hydrogens is 502 g/mol. The molecular formula is C22H18BrNO7S. The maximum absolute atomic E-state index is 13.5. The number of nitrogens with zero attached hydrogens (tertiary/aromatic N) is 1. The van der Waals surface area contributed by atoms with Gasteiger partial charge in [-0.3, -0.25) is 9.59 Å². The van der Waals surface area contributed by atoms with Crippen molar-refractivity contribution in [2.75, 3.05) is 18.6 Å². The zero-order valence-electron chi connectivity index (χ0n) is 16.9. The first-order valence-electron chi connectivity index (χ1n) is 9.87. The number of hydrogen-bond donors (Lipinski definition) is 1. The zero-order valence-corrected chi connectivity index (χ0v) is 19.3. The first kappa shape index (κ1) is 21.0. The first-order valence-corrected chi connectivity index (χ1v) is 12.5. The lowest BCUT2D eigenvalue weighted by atomic mass is 9.97. The molecule has 8 nitrogen and oxygen atoms in total. The number of carbonyl (C=O) groups excluding carboxylic acids is 1. The third-order valence-electron chi connectivity index (χ3n) is 6.00. The highest BCUT2D eigenvalue weighted by Gasteiger charge is 2.48. The van der Waals surface area contributed by atoms with Crippen LogP contribution < -0.4 is 10.2 Å². The fourth-order valence-corrected chi connectivity index (χ4v) is 6.71. The molecule has 3 heterocycles. The molecule has 2 aromatic carbocycles. The van der Waals surface area contributed by atoms with Crippen molar-refractivity contribution in [1.29, 1.82) is 0 Å². The predicted molar refractivity (Wildman–Crippen MR) is 120 cm³/mol. The van der Waals surface area contributed by atoms with Gasteiger partial charge in [-0.05, 0) is 52.2 Å². The van der Waals surface area contributed by atoms with Crippen LogP contribution in [0.5, 0.6) is 11.5 Å². The molecule has 2 aliphatic heterocycles. The van der Waals surface area contributed by atoms with E-state index in [-0.39, 0.29) is 51.8 Å². The number of phenols is 1. The average molecular weight is 520 g/mol. The summed E-state index contributed by atoms with van der Waals surface area (Å²) in [5.41, 5.74) is 0.573. The molecule has 2 atom stereocenters. The van der Waals surface area contributed by atoms with E-state index in [4.69, 9.17) is 9.15 Å². The number of halogens is 1. The summed E-state index contributed by atoms with van der Waals surface area (Å²) in [6.07, 6.45) is 0.267. The molecule has 0 bridgehead atoms. The molecule has 0 saturated carbocycles. The van der Waals surface area contributed by atoms with Gasteiger partial charge in [0.1, 0.15) is 5.58 Å². The van der Waals surface area contributed by atoms with Crippen molar-refractivity contribution in [2.24, 2.45) is 0 Å². The van der Waals surface area contributed by atoms with Crippen LogP contribution in [0, 0.1) is 0 Å². The van der Waals surface area contributed by atoms with Crippen LogP contribution in [-0.2, 0) is 9.84 Å². The molecule has 1 aromatic heterocycles. The summed E-state index contributed by atoms with van der Waals surface area (Å²) in [6, 6.07) is 8.29.